The lowest BCUT2D eigenvalue weighted by atomic mass is 10.0. The Balaban J connectivity index is 0.00000196. The molecule has 0 aliphatic heterocycles. The van der Waals surface area contributed by atoms with Crippen molar-refractivity contribution in [3.05, 3.63) is 29.3 Å². The van der Waals surface area contributed by atoms with Gasteiger partial charge in [-0.05, 0) is 50.3 Å². The van der Waals surface area contributed by atoms with Crippen LogP contribution in [0.15, 0.2) is 18.2 Å². The highest BCUT2D eigenvalue weighted by Gasteiger charge is 2.18. The van der Waals surface area contributed by atoms with Gasteiger partial charge in [-0.2, -0.15) is 8.42 Å². The van der Waals surface area contributed by atoms with Crippen LogP contribution in [0.4, 0.5) is 0 Å². The van der Waals surface area contributed by atoms with Gasteiger partial charge in [0.05, 0.1) is 12.4 Å². The number of rotatable bonds is 10. The van der Waals surface area contributed by atoms with Crippen molar-refractivity contribution >= 4 is 22.1 Å². The third-order valence-electron chi connectivity index (χ3n) is 4.06. The molecule has 196 valence electrons. The van der Waals surface area contributed by atoms with Crippen LogP contribution in [0.25, 0.3) is 0 Å². The molecule has 1 aromatic rings. The summed E-state index contributed by atoms with van der Waals surface area (Å²) in [6.07, 6.45) is 0.597. The first kappa shape index (κ1) is 32.0. The van der Waals surface area contributed by atoms with E-state index in [2.05, 4.69) is 5.32 Å². The summed E-state index contributed by atoms with van der Waals surface area (Å²) in [4.78, 5) is 24.0. The van der Waals surface area contributed by atoms with E-state index in [0.29, 0.717) is 42.5 Å². The standard InChI is InChI=1S/C23H37NO5.CH4O3S/c1-15(2)10-21(26)28-14-18-12-17(19(25)13-24-23(5,6)7)8-9-20(18)29-22(27)11-16(3)4;1-5(2,3)4/h8-9,12,15-16,19,24-25H,10-11,13-14H2,1-7H3;1H3,(H,2,3,4). The fourth-order valence-corrected chi connectivity index (χ4v) is 2.59. The maximum atomic E-state index is 12.1. The third kappa shape index (κ3) is 17.5. The lowest BCUT2D eigenvalue weighted by Crippen LogP contribution is -2.38. The highest BCUT2D eigenvalue weighted by Crippen LogP contribution is 2.26. The molecule has 1 unspecified atom stereocenters. The fraction of sp³-hybridized carbons (Fsp3) is 0.667. The van der Waals surface area contributed by atoms with Crippen molar-refractivity contribution in [1.29, 1.82) is 0 Å². The molecule has 9 nitrogen and oxygen atoms in total. The molecule has 0 radical (unpaired) electrons. The van der Waals surface area contributed by atoms with Crippen LogP contribution in [0.5, 0.6) is 5.75 Å². The zero-order chi connectivity index (χ0) is 26.7. The van der Waals surface area contributed by atoms with E-state index in [9.17, 15) is 23.1 Å². The van der Waals surface area contributed by atoms with Crippen LogP contribution < -0.4 is 10.1 Å². The lowest BCUT2D eigenvalue weighted by molar-refractivity contribution is -0.145. The van der Waals surface area contributed by atoms with Crippen LogP contribution in [-0.4, -0.2) is 48.4 Å². The number of β-amino-alcohol motifs (C(OH)–C–C–N with tert-alkyl or cyclic N) is 1. The van der Waals surface area contributed by atoms with Crippen molar-refractivity contribution in [2.75, 3.05) is 12.8 Å². The van der Waals surface area contributed by atoms with E-state index in [4.69, 9.17) is 14.0 Å². The summed E-state index contributed by atoms with van der Waals surface area (Å²) in [5.74, 6) is 0.0897. The summed E-state index contributed by atoms with van der Waals surface area (Å²) >= 11 is 0. The minimum Gasteiger partial charge on any atom is -0.461 e. The van der Waals surface area contributed by atoms with Gasteiger partial charge in [0.2, 0.25) is 0 Å². The summed E-state index contributed by atoms with van der Waals surface area (Å²) < 4.78 is 36.7. The molecule has 0 heterocycles. The number of benzene rings is 1. The SMILES string of the molecule is CC(C)CC(=O)OCc1cc(C(O)CNC(C)(C)C)ccc1OC(=O)CC(C)C.CS(=O)(=O)O. The predicted octanol–water partition coefficient (Wildman–Crippen LogP) is 3.65. The quantitative estimate of drug-likeness (QED) is 0.248. The Morgan fingerprint density at radius 2 is 1.53 bits per heavy atom. The van der Waals surface area contributed by atoms with Gasteiger partial charge in [-0.25, -0.2) is 0 Å². The van der Waals surface area contributed by atoms with Crippen molar-refractivity contribution in [3.8, 4) is 5.75 Å². The second-order valence-electron chi connectivity index (χ2n) is 10.1. The van der Waals surface area contributed by atoms with Crippen LogP contribution in [-0.2, 0) is 31.1 Å². The summed E-state index contributed by atoms with van der Waals surface area (Å²) in [6.45, 7) is 14.2. The minimum atomic E-state index is -3.67. The van der Waals surface area contributed by atoms with Crippen LogP contribution in [0, 0.1) is 11.8 Å². The van der Waals surface area contributed by atoms with Gasteiger partial charge in [-0.3, -0.25) is 14.1 Å². The Hall–Kier alpha value is -2.01. The van der Waals surface area contributed by atoms with Gasteiger partial charge in [0.1, 0.15) is 12.4 Å². The second-order valence-corrected chi connectivity index (χ2v) is 11.5. The third-order valence-corrected chi connectivity index (χ3v) is 4.06. The first-order valence-electron chi connectivity index (χ1n) is 11.2. The van der Waals surface area contributed by atoms with Gasteiger partial charge >= 0.3 is 11.9 Å². The lowest BCUT2D eigenvalue weighted by Gasteiger charge is -2.23. The molecule has 34 heavy (non-hydrogen) atoms. The molecule has 0 saturated carbocycles. The number of hydrogen-bond acceptors (Lipinski definition) is 8. The van der Waals surface area contributed by atoms with Gasteiger partial charge in [0, 0.05) is 30.5 Å². The van der Waals surface area contributed by atoms with Gasteiger partial charge in [-0.15, -0.1) is 0 Å². The number of esters is 2. The predicted molar refractivity (Wildman–Crippen MR) is 131 cm³/mol. The maximum absolute atomic E-state index is 12.1. The average Bonchev–Trinajstić information content (AvgIpc) is 2.62. The van der Waals surface area contributed by atoms with Crippen molar-refractivity contribution in [2.24, 2.45) is 11.8 Å². The Bertz CT molecular complexity index is 881. The molecule has 0 spiro atoms. The van der Waals surface area contributed by atoms with E-state index in [1.54, 1.807) is 18.2 Å². The van der Waals surface area contributed by atoms with Crippen molar-refractivity contribution < 1.29 is 37.1 Å². The molecule has 10 heteroatoms. The number of aliphatic hydroxyl groups is 1. The molecule has 0 saturated heterocycles. The molecule has 0 fully saturated rings. The number of hydrogen-bond donors (Lipinski definition) is 3. The number of nitrogens with one attached hydrogen (secondary N) is 1. The molecule has 1 rings (SSSR count). The normalized spacial score (nSPS) is 12.7. The molecular weight excluding hydrogens is 462 g/mol. The second kappa shape index (κ2) is 14.4. The summed E-state index contributed by atoms with van der Waals surface area (Å²) in [6, 6.07) is 5.11. The summed E-state index contributed by atoms with van der Waals surface area (Å²) in [5, 5.41) is 13.8. The van der Waals surface area contributed by atoms with E-state index in [-0.39, 0.29) is 35.9 Å². The summed E-state index contributed by atoms with van der Waals surface area (Å²) in [7, 11) is -3.67. The summed E-state index contributed by atoms with van der Waals surface area (Å²) in [5.41, 5.74) is 1.11. The van der Waals surface area contributed by atoms with Gasteiger partial charge < -0.3 is 19.9 Å². The van der Waals surface area contributed by atoms with Crippen molar-refractivity contribution in [2.45, 2.75) is 79.6 Å². The number of ether oxygens (including phenoxy) is 2. The highest BCUT2D eigenvalue weighted by atomic mass is 32.2. The molecule has 1 atom stereocenters. The molecule has 0 aliphatic rings. The maximum Gasteiger partial charge on any atom is 0.311 e. The topological polar surface area (TPSA) is 139 Å². The van der Waals surface area contributed by atoms with Crippen LogP contribution in [0.3, 0.4) is 0 Å². The van der Waals surface area contributed by atoms with Gasteiger partial charge in [0.15, 0.2) is 0 Å². The van der Waals surface area contributed by atoms with Crippen molar-refractivity contribution in [1.82, 2.24) is 5.32 Å². The van der Waals surface area contributed by atoms with E-state index in [0.717, 1.165) is 0 Å². The van der Waals surface area contributed by atoms with E-state index in [1.165, 1.54) is 0 Å². The largest absolute Gasteiger partial charge is 0.461 e. The molecular formula is C24H41NO8S. The van der Waals surface area contributed by atoms with Crippen LogP contribution in [0.1, 0.15) is 78.5 Å². The highest BCUT2D eigenvalue weighted by molar-refractivity contribution is 7.85. The molecule has 0 aliphatic carbocycles. The van der Waals surface area contributed by atoms with Crippen LogP contribution in [0.2, 0.25) is 0 Å². The van der Waals surface area contributed by atoms with E-state index in [1.807, 2.05) is 48.5 Å². The smallest absolute Gasteiger partial charge is 0.311 e. The number of carbonyl (C=O) groups excluding carboxylic acids is 2. The monoisotopic (exact) mass is 503 g/mol. The number of carbonyl (C=O) groups is 2. The Kier molecular flexibility index (Phi) is 13.6. The first-order chi connectivity index (χ1) is 15.4. The minimum absolute atomic E-state index is 0.0108. The average molecular weight is 504 g/mol. The molecule has 3 N–H and O–H groups in total. The fourth-order valence-electron chi connectivity index (χ4n) is 2.59. The Morgan fingerprint density at radius 1 is 1.03 bits per heavy atom. The number of aliphatic hydroxyl groups excluding tert-OH is 1. The zero-order valence-electron chi connectivity index (χ0n) is 21.5. The molecule has 0 bridgehead atoms. The van der Waals surface area contributed by atoms with Gasteiger partial charge in [-0.1, -0.05) is 33.8 Å². The molecule has 0 aromatic heterocycles. The molecule has 1 aromatic carbocycles. The Morgan fingerprint density at radius 3 is 2.00 bits per heavy atom. The zero-order valence-corrected chi connectivity index (χ0v) is 22.4. The molecule has 0 amide bonds. The Labute approximate surface area is 204 Å². The van der Waals surface area contributed by atoms with Crippen LogP contribution >= 0.6 is 0 Å². The van der Waals surface area contributed by atoms with Gasteiger partial charge in [0.25, 0.3) is 10.1 Å². The van der Waals surface area contributed by atoms with Crippen molar-refractivity contribution in [3.63, 3.8) is 0 Å². The first-order valence-corrected chi connectivity index (χ1v) is 13.1. The van der Waals surface area contributed by atoms with E-state index < -0.39 is 16.2 Å². The van der Waals surface area contributed by atoms with E-state index >= 15 is 0 Å².